The fraction of sp³-hybridized carbons (Fsp3) is 0.217. The highest BCUT2D eigenvalue weighted by atomic mass is 19.1. The largest absolute Gasteiger partial charge is 0.496 e. The maximum atomic E-state index is 14.8. The van der Waals surface area contributed by atoms with Crippen LogP contribution >= 0.6 is 0 Å². The van der Waals surface area contributed by atoms with Gasteiger partial charge in [-0.3, -0.25) is 0 Å². The number of anilines is 3. The van der Waals surface area contributed by atoms with Crippen LogP contribution in [0.15, 0.2) is 60.8 Å². The lowest BCUT2D eigenvalue weighted by atomic mass is 10.1. The van der Waals surface area contributed by atoms with E-state index in [1.165, 1.54) is 6.07 Å². The van der Waals surface area contributed by atoms with Crippen LogP contribution in [-0.4, -0.2) is 48.0 Å². The van der Waals surface area contributed by atoms with Gasteiger partial charge in [-0.15, -0.1) is 5.10 Å². The number of para-hydroxylation sites is 1. The van der Waals surface area contributed by atoms with Crippen LogP contribution in [0, 0.1) is 5.82 Å². The molecule has 1 N–H and O–H groups in total. The smallest absolute Gasteiger partial charge is 0.245 e. The van der Waals surface area contributed by atoms with E-state index in [1.54, 1.807) is 23.9 Å². The molecule has 5 rings (SSSR count). The molecule has 7 nitrogen and oxygen atoms in total. The Labute approximate surface area is 179 Å². The molecule has 0 atom stereocenters. The molecule has 1 aliphatic heterocycles. The molecule has 3 heterocycles. The van der Waals surface area contributed by atoms with Crippen molar-refractivity contribution >= 4 is 22.8 Å². The van der Waals surface area contributed by atoms with E-state index in [2.05, 4.69) is 20.3 Å². The lowest BCUT2D eigenvalue weighted by Crippen LogP contribution is -2.36. The normalized spacial score (nSPS) is 14.1. The molecule has 1 aliphatic rings. The Balaban J connectivity index is 1.45. The minimum atomic E-state index is -0.356. The summed E-state index contributed by atoms with van der Waals surface area (Å²) in [5, 5.41) is 7.58. The molecule has 2 aromatic heterocycles. The number of ether oxygens (including phenoxy) is 2. The van der Waals surface area contributed by atoms with Crippen molar-refractivity contribution in [2.45, 2.75) is 0 Å². The van der Waals surface area contributed by atoms with Gasteiger partial charge in [0.05, 0.1) is 43.4 Å². The van der Waals surface area contributed by atoms with E-state index in [4.69, 9.17) is 9.47 Å². The first-order valence-electron chi connectivity index (χ1n) is 10.1. The summed E-state index contributed by atoms with van der Waals surface area (Å²) >= 11 is 0. The summed E-state index contributed by atoms with van der Waals surface area (Å²) in [6.45, 7) is 2.82. The van der Waals surface area contributed by atoms with E-state index in [9.17, 15) is 4.39 Å². The molecule has 0 saturated carbocycles. The Kier molecular flexibility index (Phi) is 5.13. The standard InChI is InChI=1S/C23H22FN5O2/c1-30-22-5-3-2-4-18(22)21-9-7-17-15-25-23(27-29(17)21)26-20-8-6-16(14-19(20)24)28-10-12-31-13-11-28/h2-9,14-15H,10-13H2,1H3,(H,26,27). The summed E-state index contributed by atoms with van der Waals surface area (Å²) < 4.78 is 27.4. The van der Waals surface area contributed by atoms with E-state index in [1.807, 2.05) is 42.5 Å². The number of hydrogen-bond acceptors (Lipinski definition) is 6. The van der Waals surface area contributed by atoms with Crippen molar-refractivity contribution < 1.29 is 13.9 Å². The average molecular weight is 419 g/mol. The van der Waals surface area contributed by atoms with Gasteiger partial charge in [0.25, 0.3) is 0 Å². The lowest BCUT2D eigenvalue weighted by Gasteiger charge is -2.29. The molecular weight excluding hydrogens is 397 g/mol. The zero-order chi connectivity index (χ0) is 21.2. The molecular formula is C23H22FN5O2. The van der Waals surface area contributed by atoms with Crippen LogP contribution in [0.2, 0.25) is 0 Å². The minimum Gasteiger partial charge on any atom is -0.496 e. The number of methoxy groups -OCH3 is 1. The van der Waals surface area contributed by atoms with Gasteiger partial charge in [-0.1, -0.05) is 12.1 Å². The van der Waals surface area contributed by atoms with Gasteiger partial charge < -0.3 is 19.7 Å². The number of fused-ring (bicyclic) bond motifs is 1. The van der Waals surface area contributed by atoms with Crippen molar-refractivity contribution in [2.24, 2.45) is 0 Å². The molecule has 1 saturated heterocycles. The average Bonchev–Trinajstić information content (AvgIpc) is 3.24. The van der Waals surface area contributed by atoms with Crippen molar-refractivity contribution in [3.63, 3.8) is 0 Å². The SMILES string of the molecule is COc1ccccc1-c1ccc2cnc(Nc3ccc(N4CCOCC4)cc3F)nn12. The van der Waals surface area contributed by atoms with Crippen LogP contribution in [0.3, 0.4) is 0 Å². The number of benzene rings is 2. The van der Waals surface area contributed by atoms with Gasteiger partial charge >= 0.3 is 0 Å². The second kappa shape index (κ2) is 8.23. The van der Waals surface area contributed by atoms with Crippen LogP contribution in [-0.2, 0) is 4.74 Å². The molecule has 31 heavy (non-hydrogen) atoms. The van der Waals surface area contributed by atoms with E-state index < -0.39 is 0 Å². The van der Waals surface area contributed by atoms with Crippen LogP contribution in [0.25, 0.3) is 16.8 Å². The van der Waals surface area contributed by atoms with Crippen LogP contribution < -0.4 is 15.0 Å². The predicted octanol–water partition coefficient (Wildman–Crippen LogP) is 4.12. The Morgan fingerprint density at radius 2 is 1.90 bits per heavy atom. The van der Waals surface area contributed by atoms with Gasteiger partial charge in [0.15, 0.2) is 0 Å². The van der Waals surface area contributed by atoms with Crippen LogP contribution in [0.1, 0.15) is 0 Å². The van der Waals surface area contributed by atoms with Crippen molar-refractivity contribution in [1.82, 2.24) is 14.6 Å². The summed E-state index contributed by atoms with van der Waals surface area (Å²) in [6, 6.07) is 16.8. The highest BCUT2D eigenvalue weighted by Crippen LogP contribution is 2.31. The third kappa shape index (κ3) is 3.77. The summed E-state index contributed by atoms with van der Waals surface area (Å²) in [7, 11) is 1.64. The molecule has 0 radical (unpaired) electrons. The molecule has 8 heteroatoms. The number of nitrogens with zero attached hydrogens (tertiary/aromatic N) is 4. The summed E-state index contributed by atoms with van der Waals surface area (Å²) in [5.74, 6) is 0.698. The molecule has 0 spiro atoms. The van der Waals surface area contributed by atoms with Gasteiger partial charge in [-0.05, 0) is 42.5 Å². The Bertz CT molecular complexity index is 1220. The zero-order valence-corrected chi connectivity index (χ0v) is 17.1. The molecule has 1 fully saturated rings. The highest BCUT2D eigenvalue weighted by molar-refractivity contribution is 5.72. The minimum absolute atomic E-state index is 0.304. The Morgan fingerprint density at radius 1 is 1.06 bits per heavy atom. The van der Waals surface area contributed by atoms with Crippen molar-refractivity contribution in [3.8, 4) is 17.0 Å². The van der Waals surface area contributed by atoms with E-state index in [0.29, 0.717) is 24.8 Å². The van der Waals surface area contributed by atoms with Gasteiger partial charge in [-0.2, -0.15) is 0 Å². The van der Waals surface area contributed by atoms with Gasteiger partial charge in [0, 0.05) is 24.3 Å². The fourth-order valence-corrected chi connectivity index (χ4v) is 3.76. The first kappa shape index (κ1) is 19.3. The zero-order valence-electron chi connectivity index (χ0n) is 17.1. The summed E-state index contributed by atoms with van der Waals surface area (Å²) in [6.07, 6.45) is 1.70. The summed E-state index contributed by atoms with van der Waals surface area (Å²) in [4.78, 5) is 6.45. The predicted molar refractivity (Wildman–Crippen MR) is 118 cm³/mol. The third-order valence-corrected chi connectivity index (χ3v) is 5.36. The maximum Gasteiger partial charge on any atom is 0.245 e. The number of halogens is 1. The van der Waals surface area contributed by atoms with Crippen molar-refractivity contribution in [2.75, 3.05) is 43.6 Å². The van der Waals surface area contributed by atoms with Gasteiger partial charge in [0.1, 0.15) is 11.6 Å². The van der Waals surface area contributed by atoms with E-state index in [-0.39, 0.29) is 5.82 Å². The second-order valence-electron chi connectivity index (χ2n) is 7.23. The number of hydrogen-bond donors (Lipinski definition) is 1. The lowest BCUT2D eigenvalue weighted by molar-refractivity contribution is 0.122. The molecule has 0 aliphatic carbocycles. The Hall–Kier alpha value is -3.65. The molecule has 0 bridgehead atoms. The number of nitrogens with one attached hydrogen (secondary N) is 1. The Morgan fingerprint density at radius 3 is 2.71 bits per heavy atom. The number of rotatable bonds is 5. The molecule has 158 valence electrons. The molecule has 2 aromatic carbocycles. The van der Waals surface area contributed by atoms with Gasteiger partial charge in [0.2, 0.25) is 5.95 Å². The fourth-order valence-electron chi connectivity index (χ4n) is 3.76. The quantitative estimate of drug-likeness (QED) is 0.525. The van der Waals surface area contributed by atoms with E-state index >= 15 is 0 Å². The first-order chi connectivity index (χ1) is 15.2. The van der Waals surface area contributed by atoms with E-state index in [0.717, 1.165) is 41.3 Å². The monoisotopic (exact) mass is 419 g/mol. The molecule has 0 unspecified atom stereocenters. The third-order valence-electron chi connectivity index (χ3n) is 5.36. The first-order valence-corrected chi connectivity index (χ1v) is 10.1. The molecule has 4 aromatic rings. The number of aromatic nitrogens is 3. The van der Waals surface area contributed by atoms with Crippen molar-refractivity contribution in [1.29, 1.82) is 0 Å². The highest BCUT2D eigenvalue weighted by Gasteiger charge is 2.15. The number of morpholine rings is 1. The summed E-state index contributed by atoms with van der Waals surface area (Å²) in [5.41, 5.74) is 3.76. The second-order valence-corrected chi connectivity index (χ2v) is 7.23. The van der Waals surface area contributed by atoms with Crippen LogP contribution in [0.5, 0.6) is 5.75 Å². The van der Waals surface area contributed by atoms with Crippen LogP contribution in [0.4, 0.5) is 21.7 Å². The van der Waals surface area contributed by atoms with Crippen molar-refractivity contribution in [3.05, 3.63) is 66.6 Å². The maximum absolute atomic E-state index is 14.8. The molecule has 0 amide bonds. The topological polar surface area (TPSA) is 63.9 Å². The van der Waals surface area contributed by atoms with Gasteiger partial charge in [-0.25, -0.2) is 13.9 Å².